The number of aromatic nitrogens is 1. The van der Waals surface area contributed by atoms with Crippen molar-refractivity contribution in [2.75, 3.05) is 20.1 Å². The van der Waals surface area contributed by atoms with Gasteiger partial charge >= 0.3 is 0 Å². The molecule has 1 aliphatic heterocycles. The van der Waals surface area contributed by atoms with E-state index in [1.807, 2.05) is 0 Å². The topological polar surface area (TPSA) is 28.2 Å². The average molecular weight is 223 g/mol. The molecule has 0 saturated carbocycles. The molecule has 1 unspecified atom stereocenters. The SMILES string of the molecule is CCC(c1ccc(F)cn1)N(C)C1CNC1. The minimum Gasteiger partial charge on any atom is -0.314 e. The third kappa shape index (κ3) is 2.23. The molecule has 1 N–H and O–H groups in total. The van der Waals surface area contributed by atoms with E-state index < -0.39 is 0 Å². The molecular formula is C12H18FN3. The fourth-order valence-electron chi connectivity index (χ4n) is 2.11. The molecule has 0 amide bonds. The van der Waals surface area contributed by atoms with Crippen LogP contribution >= 0.6 is 0 Å². The largest absolute Gasteiger partial charge is 0.314 e. The van der Waals surface area contributed by atoms with Crippen molar-refractivity contribution in [2.24, 2.45) is 0 Å². The van der Waals surface area contributed by atoms with Gasteiger partial charge in [-0.3, -0.25) is 9.88 Å². The van der Waals surface area contributed by atoms with Crippen molar-refractivity contribution < 1.29 is 4.39 Å². The van der Waals surface area contributed by atoms with Crippen LogP contribution in [-0.4, -0.2) is 36.1 Å². The molecular weight excluding hydrogens is 205 g/mol. The van der Waals surface area contributed by atoms with E-state index in [9.17, 15) is 4.39 Å². The van der Waals surface area contributed by atoms with Gasteiger partial charge in [-0.05, 0) is 25.6 Å². The monoisotopic (exact) mass is 223 g/mol. The van der Waals surface area contributed by atoms with Gasteiger partial charge in [-0.15, -0.1) is 0 Å². The zero-order chi connectivity index (χ0) is 11.5. The number of nitrogens with one attached hydrogen (secondary N) is 1. The number of hydrogen-bond donors (Lipinski definition) is 1. The summed E-state index contributed by atoms with van der Waals surface area (Å²) in [4.78, 5) is 6.50. The summed E-state index contributed by atoms with van der Waals surface area (Å²) >= 11 is 0. The summed E-state index contributed by atoms with van der Waals surface area (Å²) in [5.41, 5.74) is 0.957. The lowest BCUT2D eigenvalue weighted by Crippen LogP contribution is -2.56. The van der Waals surface area contributed by atoms with Crippen molar-refractivity contribution in [1.82, 2.24) is 15.2 Å². The number of halogens is 1. The Hall–Kier alpha value is -1.00. The number of hydrogen-bond acceptors (Lipinski definition) is 3. The van der Waals surface area contributed by atoms with Crippen LogP contribution in [0.5, 0.6) is 0 Å². The Morgan fingerprint density at radius 1 is 1.56 bits per heavy atom. The Balaban J connectivity index is 2.11. The molecule has 4 heteroatoms. The lowest BCUT2D eigenvalue weighted by molar-refractivity contribution is 0.122. The van der Waals surface area contributed by atoms with Crippen molar-refractivity contribution in [3.63, 3.8) is 0 Å². The van der Waals surface area contributed by atoms with Gasteiger partial charge < -0.3 is 5.32 Å². The van der Waals surface area contributed by atoms with Crippen LogP contribution < -0.4 is 5.32 Å². The molecule has 1 aliphatic rings. The van der Waals surface area contributed by atoms with Crippen molar-refractivity contribution in [2.45, 2.75) is 25.4 Å². The first kappa shape index (κ1) is 11.5. The van der Waals surface area contributed by atoms with Gasteiger partial charge in [0.05, 0.1) is 17.9 Å². The first-order chi connectivity index (χ1) is 7.72. The summed E-state index contributed by atoms with van der Waals surface area (Å²) in [7, 11) is 2.12. The van der Waals surface area contributed by atoms with Crippen LogP contribution in [0.4, 0.5) is 4.39 Å². The van der Waals surface area contributed by atoms with Crippen LogP contribution in [0.2, 0.25) is 0 Å². The highest BCUT2D eigenvalue weighted by Gasteiger charge is 2.27. The summed E-state index contributed by atoms with van der Waals surface area (Å²) in [6, 6.07) is 4.13. The van der Waals surface area contributed by atoms with E-state index in [1.165, 1.54) is 12.3 Å². The second-order valence-corrected chi connectivity index (χ2v) is 4.30. The Morgan fingerprint density at radius 3 is 2.75 bits per heavy atom. The maximum Gasteiger partial charge on any atom is 0.141 e. The predicted octanol–water partition coefficient (Wildman–Crippen LogP) is 1.58. The summed E-state index contributed by atoms with van der Waals surface area (Å²) in [6.07, 6.45) is 2.29. The van der Waals surface area contributed by atoms with Crippen LogP contribution in [0, 0.1) is 5.82 Å². The standard InChI is InChI=1S/C12H18FN3/c1-3-12(16(2)10-7-14-8-10)11-5-4-9(13)6-15-11/h4-6,10,12,14H,3,7-8H2,1-2H3. The highest BCUT2D eigenvalue weighted by atomic mass is 19.1. The van der Waals surface area contributed by atoms with Crippen molar-refractivity contribution in [1.29, 1.82) is 0 Å². The minimum absolute atomic E-state index is 0.272. The van der Waals surface area contributed by atoms with Crippen molar-refractivity contribution in [3.05, 3.63) is 29.8 Å². The molecule has 1 atom stereocenters. The Kier molecular flexibility index (Phi) is 3.51. The number of nitrogens with zero attached hydrogens (tertiary/aromatic N) is 2. The average Bonchev–Trinajstić information content (AvgIpc) is 2.19. The third-order valence-electron chi connectivity index (χ3n) is 3.31. The summed E-state index contributed by atoms with van der Waals surface area (Å²) in [5, 5.41) is 3.26. The quantitative estimate of drug-likeness (QED) is 0.840. The maximum absolute atomic E-state index is 12.8. The van der Waals surface area contributed by atoms with Gasteiger partial charge in [0, 0.05) is 19.1 Å². The molecule has 2 heterocycles. The number of likely N-dealkylation sites (N-methyl/N-ethyl adjacent to an activating group) is 1. The van der Waals surface area contributed by atoms with Gasteiger partial charge in [0.1, 0.15) is 5.82 Å². The van der Waals surface area contributed by atoms with Gasteiger partial charge in [-0.1, -0.05) is 6.92 Å². The molecule has 0 aromatic carbocycles. The summed E-state index contributed by atoms with van der Waals surface area (Å²) in [5.74, 6) is -0.272. The van der Waals surface area contributed by atoms with E-state index >= 15 is 0 Å². The lowest BCUT2D eigenvalue weighted by Gasteiger charge is -2.40. The van der Waals surface area contributed by atoms with Gasteiger partial charge in [-0.2, -0.15) is 0 Å². The highest BCUT2D eigenvalue weighted by Crippen LogP contribution is 2.24. The number of rotatable bonds is 4. The lowest BCUT2D eigenvalue weighted by atomic mass is 10.0. The molecule has 0 radical (unpaired) electrons. The van der Waals surface area contributed by atoms with E-state index in [0.29, 0.717) is 6.04 Å². The van der Waals surface area contributed by atoms with E-state index in [4.69, 9.17) is 0 Å². The molecule has 1 fully saturated rings. The first-order valence-corrected chi connectivity index (χ1v) is 5.76. The molecule has 88 valence electrons. The second-order valence-electron chi connectivity index (χ2n) is 4.30. The van der Waals surface area contributed by atoms with Gasteiger partial charge in [0.2, 0.25) is 0 Å². The molecule has 16 heavy (non-hydrogen) atoms. The Bertz CT molecular complexity index is 335. The van der Waals surface area contributed by atoms with Crippen LogP contribution in [0.3, 0.4) is 0 Å². The van der Waals surface area contributed by atoms with Crippen LogP contribution in [0.25, 0.3) is 0 Å². The van der Waals surface area contributed by atoms with E-state index in [0.717, 1.165) is 25.2 Å². The first-order valence-electron chi connectivity index (χ1n) is 5.76. The fraction of sp³-hybridized carbons (Fsp3) is 0.583. The fourth-order valence-corrected chi connectivity index (χ4v) is 2.11. The smallest absolute Gasteiger partial charge is 0.141 e. The molecule has 2 rings (SSSR count). The Morgan fingerprint density at radius 2 is 2.31 bits per heavy atom. The van der Waals surface area contributed by atoms with E-state index in [2.05, 4.69) is 29.2 Å². The van der Waals surface area contributed by atoms with Crippen LogP contribution in [0.1, 0.15) is 25.1 Å². The normalized spacial score (nSPS) is 18.5. The maximum atomic E-state index is 12.8. The van der Waals surface area contributed by atoms with E-state index in [1.54, 1.807) is 6.07 Å². The molecule has 1 saturated heterocycles. The number of pyridine rings is 1. The zero-order valence-electron chi connectivity index (χ0n) is 9.78. The highest BCUT2D eigenvalue weighted by molar-refractivity contribution is 5.10. The zero-order valence-corrected chi connectivity index (χ0v) is 9.78. The second kappa shape index (κ2) is 4.89. The molecule has 1 aromatic rings. The van der Waals surface area contributed by atoms with Gasteiger partial charge in [0.15, 0.2) is 0 Å². The van der Waals surface area contributed by atoms with Crippen molar-refractivity contribution >= 4 is 0 Å². The van der Waals surface area contributed by atoms with E-state index in [-0.39, 0.29) is 11.9 Å². The molecule has 0 bridgehead atoms. The van der Waals surface area contributed by atoms with Crippen LogP contribution in [-0.2, 0) is 0 Å². The van der Waals surface area contributed by atoms with Gasteiger partial charge in [0.25, 0.3) is 0 Å². The predicted molar refractivity (Wildman–Crippen MR) is 61.6 cm³/mol. The van der Waals surface area contributed by atoms with Crippen molar-refractivity contribution in [3.8, 4) is 0 Å². The molecule has 0 aliphatic carbocycles. The van der Waals surface area contributed by atoms with Gasteiger partial charge in [-0.25, -0.2) is 4.39 Å². The Labute approximate surface area is 95.7 Å². The summed E-state index contributed by atoms with van der Waals surface area (Å²) in [6.45, 7) is 4.21. The molecule has 0 spiro atoms. The van der Waals surface area contributed by atoms with Crippen LogP contribution in [0.15, 0.2) is 18.3 Å². The minimum atomic E-state index is -0.272. The molecule has 3 nitrogen and oxygen atoms in total. The molecule has 1 aromatic heterocycles. The summed E-state index contributed by atoms with van der Waals surface area (Å²) < 4.78 is 12.8. The third-order valence-corrected chi connectivity index (χ3v) is 3.31.